The minimum Gasteiger partial charge on any atom is -0.419 e. The fourth-order valence-electron chi connectivity index (χ4n) is 1.94. The van der Waals surface area contributed by atoms with Gasteiger partial charge in [0.1, 0.15) is 0 Å². The molecule has 0 unspecified atom stereocenters. The fourth-order valence-corrected chi connectivity index (χ4v) is 1.94. The van der Waals surface area contributed by atoms with Crippen LogP contribution in [0.15, 0.2) is 36.5 Å². The fraction of sp³-hybridized carbons (Fsp3) is 0.286. The van der Waals surface area contributed by atoms with Gasteiger partial charge in [-0.1, -0.05) is 19.7 Å². The minimum absolute atomic E-state index is 0.0229. The first-order valence-corrected chi connectivity index (χ1v) is 8.15. The van der Waals surface area contributed by atoms with Gasteiger partial charge in [0.05, 0.1) is 0 Å². The van der Waals surface area contributed by atoms with Crippen LogP contribution in [-0.2, 0) is 14.4 Å². The standard InChI is InChI=1S/C21H24O6/c1-10(2)19(22)25-16-14(8)13(7)15(9)17(26-20(23)11(3)4)18(16)27-21(24)12(5)6/h1,3,5H2,2,4,6-9H3. The van der Waals surface area contributed by atoms with E-state index in [-0.39, 0.29) is 34.0 Å². The summed E-state index contributed by atoms with van der Waals surface area (Å²) in [6.07, 6.45) is 0. The molecule has 6 heteroatoms. The lowest BCUT2D eigenvalue weighted by molar-refractivity contribution is -0.133. The molecule has 6 nitrogen and oxygen atoms in total. The summed E-state index contributed by atoms with van der Waals surface area (Å²) in [5, 5.41) is 0. The number of hydrogen-bond donors (Lipinski definition) is 0. The number of benzene rings is 1. The number of esters is 3. The lowest BCUT2D eigenvalue weighted by Crippen LogP contribution is -2.17. The summed E-state index contributed by atoms with van der Waals surface area (Å²) in [6.45, 7) is 20.2. The van der Waals surface area contributed by atoms with Gasteiger partial charge in [-0.05, 0) is 58.2 Å². The van der Waals surface area contributed by atoms with Crippen molar-refractivity contribution in [1.29, 1.82) is 0 Å². The van der Waals surface area contributed by atoms with Crippen LogP contribution in [0.25, 0.3) is 0 Å². The molecule has 0 bridgehead atoms. The highest BCUT2D eigenvalue weighted by Gasteiger charge is 2.27. The van der Waals surface area contributed by atoms with E-state index < -0.39 is 17.9 Å². The predicted molar refractivity (Wildman–Crippen MR) is 102 cm³/mol. The van der Waals surface area contributed by atoms with Crippen LogP contribution in [-0.4, -0.2) is 17.9 Å². The maximum atomic E-state index is 12.1. The average molecular weight is 372 g/mol. The Kier molecular flexibility index (Phi) is 6.88. The Hall–Kier alpha value is -3.15. The summed E-state index contributed by atoms with van der Waals surface area (Å²) >= 11 is 0. The first kappa shape index (κ1) is 21.9. The molecule has 0 fully saturated rings. The van der Waals surface area contributed by atoms with Crippen LogP contribution >= 0.6 is 0 Å². The quantitative estimate of drug-likeness (QED) is 0.426. The van der Waals surface area contributed by atoms with Gasteiger partial charge in [-0.3, -0.25) is 0 Å². The van der Waals surface area contributed by atoms with Gasteiger partial charge in [-0.25, -0.2) is 14.4 Å². The number of carbonyl (C=O) groups excluding carboxylic acids is 3. The third-order valence-corrected chi connectivity index (χ3v) is 3.85. The Balaban J connectivity index is 3.74. The van der Waals surface area contributed by atoms with Crippen LogP contribution in [0, 0.1) is 20.8 Å². The van der Waals surface area contributed by atoms with E-state index in [0.717, 1.165) is 0 Å². The van der Waals surface area contributed by atoms with Gasteiger partial charge < -0.3 is 14.2 Å². The maximum absolute atomic E-state index is 12.1. The predicted octanol–water partition coefficient (Wildman–Crippen LogP) is 4.06. The Bertz CT molecular complexity index is 818. The van der Waals surface area contributed by atoms with E-state index in [2.05, 4.69) is 19.7 Å². The van der Waals surface area contributed by atoms with E-state index in [1.165, 1.54) is 20.8 Å². The highest BCUT2D eigenvalue weighted by molar-refractivity contribution is 5.94. The molecule has 27 heavy (non-hydrogen) atoms. The summed E-state index contributed by atoms with van der Waals surface area (Å²) in [5.41, 5.74) is 2.26. The number of carbonyl (C=O) groups is 3. The molecule has 0 saturated carbocycles. The monoisotopic (exact) mass is 372 g/mol. The Morgan fingerprint density at radius 2 is 0.815 bits per heavy atom. The Labute approximate surface area is 159 Å². The molecule has 0 aromatic heterocycles. The minimum atomic E-state index is -0.752. The van der Waals surface area contributed by atoms with Gasteiger partial charge in [0.2, 0.25) is 5.75 Å². The lowest BCUT2D eigenvalue weighted by atomic mass is 10.0. The Morgan fingerprint density at radius 1 is 0.556 bits per heavy atom. The van der Waals surface area contributed by atoms with E-state index >= 15 is 0 Å². The zero-order valence-corrected chi connectivity index (χ0v) is 16.6. The molecule has 0 atom stereocenters. The van der Waals surface area contributed by atoms with E-state index in [4.69, 9.17) is 14.2 Å². The zero-order valence-electron chi connectivity index (χ0n) is 16.6. The number of ether oxygens (including phenoxy) is 3. The largest absolute Gasteiger partial charge is 0.419 e. The molecule has 144 valence electrons. The van der Waals surface area contributed by atoms with Crippen molar-refractivity contribution in [2.45, 2.75) is 41.5 Å². The van der Waals surface area contributed by atoms with Crippen LogP contribution in [0.4, 0.5) is 0 Å². The first-order valence-electron chi connectivity index (χ1n) is 8.15. The SMILES string of the molecule is C=C(C)C(=O)Oc1c(C)c(C)c(C)c(OC(=O)C(=C)C)c1OC(=O)C(=C)C. The molecule has 0 heterocycles. The zero-order chi connectivity index (χ0) is 21.0. The third kappa shape index (κ3) is 4.94. The molecule has 0 aliphatic heterocycles. The number of hydrogen-bond acceptors (Lipinski definition) is 6. The van der Waals surface area contributed by atoms with Crippen molar-refractivity contribution in [1.82, 2.24) is 0 Å². The summed E-state index contributed by atoms with van der Waals surface area (Å²) in [4.78, 5) is 36.3. The normalized spacial score (nSPS) is 10.0. The summed E-state index contributed by atoms with van der Waals surface area (Å²) in [7, 11) is 0. The van der Waals surface area contributed by atoms with Crippen LogP contribution in [0.5, 0.6) is 17.2 Å². The van der Waals surface area contributed by atoms with E-state index in [1.807, 2.05) is 0 Å². The maximum Gasteiger partial charge on any atom is 0.338 e. The second kappa shape index (κ2) is 8.49. The molecule has 0 N–H and O–H groups in total. The van der Waals surface area contributed by atoms with E-state index in [9.17, 15) is 14.4 Å². The molecule has 1 aromatic carbocycles. The van der Waals surface area contributed by atoms with Crippen LogP contribution < -0.4 is 14.2 Å². The summed E-state index contributed by atoms with van der Waals surface area (Å²) in [6, 6.07) is 0. The van der Waals surface area contributed by atoms with Crippen LogP contribution in [0.2, 0.25) is 0 Å². The van der Waals surface area contributed by atoms with Gasteiger partial charge in [-0.15, -0.1) is 0 Å². The van der Waals surface area contributed by atoms with Crippen molar-refractivity contribution in [3.8, 4) is 17.2 Å². The van der Waals surface area contributed by atoms with Gasteiger partial charge in [0.15, 0.2) is 11.5 Å². The smallest absolute Gasteiger partial charge is 0.338 e. The molecule has 0 aliphatic carbocycles. The molecule has 1 rings (SSSR count). The topological polar surface area (TPSA) is 78.9 Å². The van der Waals surface area contributed by atoms with Gasteiger partial charge in [-0.2, -0.15) is 0 Å². The van der Waals surface area contributed by atoms with Gasteiger partial charge in [0, 0.05) is 16.7 Å². The average Bonchev–Trinajstić information content (AvgIpc) is 2.58. The van der Waals surface area contributed by atoms with Crippen molar-refractivity contribution in [2.75, 3.05) is 0 Å². The molecular weight excluding hydrogens is 348 g/mol. The molecular formula is C21H24O6. The highest BCUT2D eigenvalue weighted by atomic mass is 16.6. The second-order valence-corrected chi connectivity index (χ2v) is 6.37. The van der Waals surface area contributed by atoms with Crippen molar-refractivity contribution in [3.63, 3.8) is 0 Å². The van der Waals surface area contributed by atoms with Gasteiger partial charge in [0.25, 0.3) is 0 Å². The molecule has 0 aliphatic rings. The third-order valence-electron chi connectivity index (χ3n) is 3.85. The highest BCUT2D eigenvalue weighted by Crippen LogP contribution is 2.45. The first-order chi connectivity index (χ1) is 12.4. The molecule has 0 spiro atoms. The molecule has 1 aromatic rings. The van der Waals surface area contributed by atoms with E-state index in [0.29, 0.717) is 16.7 Å². The molecule has 0 radical (unpaired) electrons. The number of rotatable bonds is 6. The Morgan fingerprint density at radius 3 is 1.07 bits per heavy atom. The molecule has 0 amide bonds. The van der Waals surface area contributed by atoms with Gasteiger partial charge >= 0.3 is 17.9 Å². The summed E-state index contributed by atoms with van der Waals surface area (Å²) < 4.78 is 16.1. The second-order valence-electron chi connectivity index (χ2n) is 6.37. The van der Waals surface area contributed by atoms with Crippen LogP contribution in [0.3, 0.4) is 0 Å². The van der Waals surface area contributed by atoms with Crippen LogP contribution in [0.1, 0.15) is 37.5 Å². The van der Waals surface area contributed by atoms with Crippen molar-refractivity contribution in [2.24, 2.45) is 0 Å². The lowest BCUT2D eigenvalue weighted by Gasteiger charge is -2.20. The summed E-state index contributed by atoms with van der Waals surface area (Å²) in [5.74, 6) is -2.38. The molecule has 0 saturated heterocycles. The van der Waals surface area contributed by atoms with Crippen molar-refractivity contribution >= 4 is 17.9 Å². The van der Waals surface area contributed by atoms with Crippen molar-refractivity contribution < 1.29 is 28.6 Å². The van der Waals surface area contributed by atoms with Crippen molar-refractivity contribution in [3.05, 3.63) is 53.1 Å². The van der Waals surface area contributed by atoms with E-state index in [1.54, 1.807) is 20.8 Å².